The number of benzene rings is 3. The summed E-state index contributed by atoms with van der Waals surface area (Å²) in [5.74, 6) is -0.217. The minimum absolute atomic E-state index is 0.319. The molecule has 0 radical (unpaired) electrons. The number of hydrogen-bond donors (Lipinski definition) is 2. The molecule has 3 aromatic rings. The molecule has 2 N–H and O–H groups in total. The highest BCUT2D eigenvalue weighted by Gasteiger charge is 2.08. The minimum Gasteiger partial charge on any atom is -0.489 e. The van der Waals surface area contributed by atoms with E-state index < -0.39 is 11.8 Å². The average molecular weight is 436 g/mol. The lowest BCUT2D eigenvalue weighted by Crippen LogP contribution is -2.24. The summed E-state index contributed by atoms with van der Waals surface area (Å²) in [6, 6.07) is 22.1. The van der Waals surface area contributed by atoms with E-state index in [-0.39, 0.29) is 6.42 Å². The minimum atomic E-state index is -0.499. The topological polar surface area (TPSA) is 79.8 Å². The van der Waals surface area contributed by atoms with Crippen LogP contribution >= 0.6 is 11.6 Å². The van der Waals surface area contributed by atoms with E-state index in [1.807, 2.05) is 55.5 Å². The van der Waals surface area contributed by atoms with Gasteiger partial charge in [-0.1, -0.05) is 47.5 Å². The first-order valence-electron chi connectivity index (χ1n) is 9.64. The maximum Gasteiger partial charge on any atom is 0.249 e. The third kappa shape index (κ3) is 7.28. The number of carbonyl (C=O) groups excluding carboxylic acids is 2. The normalized spacial score (nSPS) is 10.6. The van der Waals surface area contributed by atoms with Gasteiger partial charge in [0.05, 0.1) is 6.21 Å². The van der Waals surface area contributed by atoms with Gasteiger partial charge in [0.15, 0.2) is 0 Å². The molecule has 0 aliphatic rings. The maximum absolute atomic E-state index is 11.9. The lowest BCUT2D eigenvalue weighted by Gasteiger charge is -2.07. The summed E-state index contributed by atoms with van der Waals surface area (Å²) in [6.07, 6.45) is 1.17. The first kappa shape index (κ1) is 22.1. The van der Waals surface area contributed by atoms with E-state index >= 15 is 0 Å². The van der Waals surface area contributed by atoms with Crippen molar-refractivity contribution in [2.75, 3.05) is 5.32 Å². The van der Waals surface area contributed by atoms with Crippen LogP contribution in [0.4, 0.5) is 5.69 Å². The first-order chi connectivity index (χ1) is 15.0. The highest BCUT2D eigenvalue weighted by Crippen LogP contribution is 2.18. The molecule has 0 aliphatic heterocycles. The van der Waals surface area contributed by atoms with Crippen molar-refractivity contribution in [2.45, 2.75) is 20.0 Å². The summed E-state index contributed by atoms with van der Waals surface area (Å²) in [5, 5.41) is 7.21. The van der Waals surface area contributed by atoms with E-state index in [2.05, 4.69) is 15.8 Å². The fraction of sp³-hybridized carbons (Fsp3) is 0.125. The van der Waals surface area contributed by atoms with E-state index in [9.17, 15) is 9.59 Å². The van der Waals surface area contributed by atoms with Crippen LogP contribution in [0.3, 0.4) is 0 Å². The van der Waals surface area contributed by atoms with Gasteiger partial charge in [0.25, 0.3) is 0 Å². The highest BCUT2D eigenvalue weighted by atomic mass is 35.5. The van der Waals surface area contributed by atoms with Gasteiger partial charge >= 0.3 is 0 Å². The van der Waals surface area contributed by atoms with E-state index in [4.69, 9.17) is 16.3 Å². The SMILES string of the molecule is Cc1ccc(NC(=O)CC(=O)NN=Cc2ccc(OCc3ccccc3Cl)cc2)cc1. The van der Waals surface area contributed by atoms with Gasteiger partial charge in [0, 0.05) is 16.3 Å². The molecule has 2 amide bonds. The van der Waals surface area contributed by atoms with Gasteiger partial charge in [-0.05, 0) is 55.0 Å². The Bertz CT molecular complexity index is 1060. The molecule has 0 unspecified atom stereocenters. The number of hydrogen-bond acceptors (Lipinski definition) is 4. The van der Waals surface area contributed by atoms with Crippen molar-refractivity contribution in [3.8, 4) is 5.75 Å². The van der Waals surface area contributed by atoms with Gasteiger partial charge < -0.3 is 10.1 Å². The van der Waals surface area contributed by atoms with E-state index in [1.54, 1.807) is 24.3 Å². The molecule has 0 heterocycles. The van der Waals surface area contributed by atoms with Gasteiger partial charge in [-0.15, -0.1) is 0 Å². The van der Waals surface area contributed by atoms with Crippen LogP contribution in [0, 0.1) is 6.92 Å². The summed E-state index contributed by atoms with van der Waals surface area (Å²) in [4.78, 5) is 23.8. The van der Waals surface area contributed by atoms with Gasteiger partial charge in [-0.25, -0.2) is 5.43 Å². The monoisotopic (exact) mass is 435 g/mol. The average Bonchev–Trinajstić information content (AvgIpc) is 2.75. The Kier molecular flexibility index (Phi) is 7.79. The Hall–Kier alpha value is -3.64. The van der Waals surface area contributed by atoms with E-state index in [0.29, 0.717) is 23.1 Å². The van der Waals surface area contributed by atoms with Gasteiger partial charge in [0.2, 0.25) is 11.8 Å². The molecule has 0 bridgehead atoms. The van der Waals surface area contributed by atoms with Crippen LogP contribution in [-0.4, -0.2) is 18.0 Å². The summed E-state index contributed by atoms with van der Waals surface area (Å²) >= 11 is 6.12. The van der Waals surface area contributed by atoms with Gasteiger partial charge in [0.1, 0.15) is 18.8 Å². The van der Waals surface area contributed by atoms with Crippen LogP contribution in [0.15, 0.2) is 77.9 Å². The van der Waals surface area contributed by atoms with Crippen molar-refractivity contribution in [1.29, 1.82) is 0 Å². The zero-order valence-corrected chi connectivity index (χ0v) is 17.7. The third-order valence-electron chi connectivity index (χ3n) is 4.29. The van der Waals surface area contributed by atoms with E-state index in [0.717, 1.165) is 16.7 Å². The van der Waals surface area contributed by atoms with Crippen molar-refractivity contribution in [3.05, 3.63) is 94.5 Å². The molecule has 7 heteroatoms. The van der Waals surface area contributed by atoms with Crippen LogP contribution in [-0.2, 0) is 16.2 Å². The molecular formula is C24H22ClN3O3. The first-order valence-corrected chi connectivity index (χ1v) is 10.0. The van der Waals surface area contributed by atoms with Crippen LogP contribution in [0.1, 0.15) is 23.1 Å². The standard InChI is InChI=1S/C24H22ClN3O3/c1-17-6-10-20(11-7-17)27-23(29)14-24(30)28-26-15-18-8-12-21(13-9-18)31-16-19-4-2-3-5-22(19)25/h2-13,15H,14,16H2,1H3,(H,27,29)(H,28,30). The Labute approximate surface area is 185 Å². The number of amides is 2. The van der Waals surface area contributed by atoms with Crippen molar-refractivity contribution >= 4 is 35.3 Å². The number of hydrazone groups is 1. The fourth-order valence-corrected chi connectivity index (χ4v) is 2.82. The van der Waals surface area contributed by atoms with Crippen molar-refractivity contribution < 1.29 is 14.3 Å². The van der Waals surface area contributed by atoms with E-state index in [1.165, 1.54) is 6.21 Å². The zero-order chi connectivity index (χ0) is 22.1. The highest BCUT2D eigenvalue weighted by molar-refractivity contribution is 6.31. The van der Waals surface area contributed by atoms with Crippen LogP contribution in [0.5, 0.6) is 5.75 Å². The molecule has 3 rings (SSSR count). The fourth-order valence-electron chi connectivity index (χ4n) is 2.63. The predicted molar refractivity (Wildman–Crippen MR) is 122 cm³/mol. The maximum atomic E-state index is 11.9. The summed E-state index contributed by atoms with van der Waals surface area (Å²) in [7, 11) is 0. The van der Waals surface area contributed by atoms with Crippen molar-refractivity contribution in [3.63, 3.8) is 0 Å². The second-order valence-corrected chi connectivity index (χ2v) is 7.24. The number of rotatable bonds is 8. The quantitative estimate of drug-likeness (QED) is 0.305. The Morgan fingerprint density at radius 2 is 1.68 bits per heavy atom. The summed E-state index contributed by atoms with van der Waals surface area (Å²) < 4.78 is 5.73. The number of halogens is 1. The van der Waals surface area contributed by atoms with Crippen LogP contribution in [0.2, 0.25) is 5.02 Å². The molecule has 31 heavy (non-hydrogen) atoms. The predicted octanol–water partition coefficient (Wildman–Crippen LogP) is 4.71. The van der Waals surface area contributed by atoms with Gasteiger partial charge in [-0.3, -0.25) is 9.59 Å². The number of carbonyl (C=O) groups is 2. The van der Waals surface area contributed by atoms with Crippen LogP contribution in [0.25, 0.3) is 0 Å². The van der Waals surface area contributed by atoms with Gasteiger partial charge in [-0.2, -0.15) is 5.10 Å². The lowest BCUT2D eigenvalue weighted by molar-refractivity contribution is -0.126. The second-order valence-electron chi connectivity index (χ2n) is 6.83. The summed E-state index contributed by atoms with van der Waals surface area (Å²) in [5.41, 5.74) is 5.76. The molecule has 0 saturated carbocycles. The molecule has 3 aromatic carbocycles. The molecule has 0 aliphatic carbocycles. The van der Waals surface area contributed by atoms with Crippen molar-refractivity contribution in [2.24, 2.45) is 5.10 Å². The Morgan fingerprint density at radius 1 is 0.968 bits per heavy atom. The molecular weight excluding hydrogens is 414 g/mol. The number of nitrogens with one attached hydrogen (secondary N) is 2. The molecule has 0 atom stereocenters. The van der Waals surface area contributed by atoms with Crippen LogP contribution < -0.4 is 15.5 Å². The molecule has 158 valence electrons. The number of aryl methyl sites for hydroxylation is 1. The number of ether oxygens (including phenoxy) is 1. The largest absolute Gasteiger partial charge is 0.489 e. The molecule has 0 spiro atoms. The third-order valence-corrected chi connectivity index (χ3v) is 4.66. The smallest absolute Gasteiger partial charge is 0.249 e. The summed E-state index contributed by atoms with van der Waals surface area (Å²) in [6.45, 7) is 2.33. The lowest BCUT2D eigenvalue weighted by atomic mass is 10.2. The molecule has 0 aromatic heterocycles. The molecule has 6 nitrogen and oxygen atoms in total. The zero-order valence-electron chi connectivity index (χ0n) is 17.0. The molecule has 0 saturated heterocycles. The Morgan fingerprint density at radius 3 is 2.39 bits per heavy atom. The van der Waals surface area contributed by atoms with Crippen molar-refractivity contribution in [1.82, 2.24) is 5.43 Å². The second kappa shape index (κ2) is 10.9. The number of nitrogens with zero attached hydrogens (tertiary/aromatic N) is 1. The Balaban J connectivity index is 1.42. The molecule has 0 fully saturated rings. The number of anilines is 1.